The van der Waals surface area contributed by atoms with Crippen LogP contribution in [0.15, 0.2) is 60.8 Å². The number of hydrogen-bond donors (Lipinski definition) is 0. The number of aromatic nitrogens is 2. The average molecular weight is 467 g/mol. The second-order valence-corrected chi connectivity index (χ2v) is 8.45. The van der Waals surface area contributed by atoms with E-state index in [0.29, 0.717) is 35.6 Å². The zero-order valence-electron chi connectivity index (χ0n) is 19.8. The normalized spacial score (nSPS) is 12.7. The van der Waals surface area contributed by atoms with Crippen LogP contribution in [0, 0.1) is 11.3 Å². The number of nitrogens with zero attached hydrogens (tertiary/aromatic N) is 4. The molecule has 1 fully saturated rings. The summed E-state index contributed by atoms with van der Waals surface area (Å²) in [6.07, 6.45) is 3.52. The molecule has 0 bridgehead atoms. The predicted molar refractivity (Wildman–Crippen MR) is 134 cm³/mol. The second-order valence-electron chi connectivity index (χ2n) is 8.45. The minimum Gasteiger partial charge on any atom is -0.497 e. The Labute approximate surface area is 204 Å². The SMILES string of the molecule is COc1ccc(COc2ccc(Cc3ccc4ncc(N5CCC5)nc4c3C#N)cc2OC)cc1. The van der Waals surface area contributed by atoms with Gasteiger partial charge in [0.15, 0.2) is 11.5 Å². The van der Waals surface area contributed by atoms with E-state index >= 15 is 0 Å². The molecule has 0 radical (unpaired) electrons. The fourth-order valence-electron chi connectivity index (χ4n) is 4.12. The fraction of sp³-hybridized carbons (Fsp3) is 0.250. The molecule has 176 valence electrons. The molecule has 0 aliphatic carbocycles. The smallest absolute Gasteiger partial charge is 0.161 e. The van der Waals surface area contributed by atoms with E-state index in [4.69, 9.17) is 19.2 Å². The predicted octanol–water partition coefficient (Wildman–Crippen LogP) is 4.90. The number of methoxy groups -OCH3 is 2. The first-order valence-corrected chi connectivity index (χ1v) is 11.5. The van der Waals surface area contributed by atoms with Crippen LogP contribution >= 0.6 is 0 Å². The van der Waals surface area contributed by atoms with E-state index in [1.54, 1.807) is 20.4 Å². The number of benzene rings is 3. The maximum Gasteiger partial charge on any atom is 0.161 e. The van der Waals surface area contributed by atoms with Crippen molar-refractivity contribution in [1.29, 1.82) is 5.26 Å². The van der Waals surface area contributed by atoms with Gasteiger partial charge in [-0.3, -0.25) is 4.98 Å². The lowest BCUT2D eigenvalue weighted by atomic mass is 9.98. The molecule has 1 saturated heterocycles. The molecule has 5 rings (SSSR count). The Hall–Kier alpha value is -4.31. The number of anilines is 1. The van der Waals surface area contributed by atoms with Gasteiger partial charge in [-0.25, -0.2) is 4.98 Å². The Bertz CT molecular complexity index is 1390. The highest BCUT2D eigenvalue weighted by Gasteiger charge is 2.18. The average Bonchev–Trinajstić information content (AvgIpc) is 2.87. The van der Waals surface area contributed by atoms with Crippen molar-refractivity contribution in [3.05, 3.63) is 83.0 Å². The molecule has 7 nitrogen and oxygen atoms in total. The number of rotatable bonds is 8. The summed E-state index contributed by atoms with van der Waals surface area (Å²) in [5, 5.41) is 9.97. The summed E-state index contributed by atoms with van der Waals surface area (Å²) < 4.78 is 16.8. The van der Waals surface area contributed by atoms with Gasteiger partial charge in [0.2, 0.25) is 0 Å². The van der Waals surface area contributed by atoms with E-state index < -0.39 is 0 Å². The van der Waals surface area contributed by atoms with E-state index in [1.165, 1.54) is 0 Å². The quantitative estimate of drug-likeness (QED) is 0.365. The molecule has 0 amide bonds. The third-order valence-corrected chi connectivity index (χ3v) is 6.26. The highest BCUT2D eigenvalue weighted by Crippen LogP contribution is 2.31. The maximum absolute atomic E-state index is 9.97. The molecule has 0 unspecified atom stereocenters. The van der Waals surface area contributed by atoms with Crippen molar-refractivity contribution in [3.8, 4) is 23.3 Å². The summed E-state index contributed by atoms with van der Waals surface area (Å²) in [5.74, 6) is 2.95. The summed E-state index contributed by atoms with van der Waals surface area (Å²) in [7, 11) is 3.27. The zero-order chi connectivity index (χ0) is 24.2. The van der Waals surface area contributed by atoms with Crippen LogP contribution < -0.4 is 19.1 Å². The Kier molecular flexibility index (Phi) is 6.36. The fourth-order valence-corrected chi connectivity index (χ4v) is 4.12. The molecule has 35 heavy (non-hydrogen) atoms. The monoisotopic (exact) mass is 466 g/mol. The minimum atomic E-state index is 0.418. The number of ether oxygens (including phenoxy) is 3. The van der Waals surface area contributed by atoms with Crippen molar-refractivity contribution in [2.75, 3.05) is 32.2 Å². The molecule has 1 aromatic heterocycles. The first-order chi connectivity index (χ1) is 17.2. The van der Waals surface area contributed by atoms with Gasteiger partial charge < -0.3 is 19.1 Å². The molecular formula is C28H26N4O3. The van der Waals surface area contributed by atoms with Crippen LogP contribution in [-0.4, -0.2) is 37.3 Å². The summed E-state index contributed by atoms with van der Waals surface area (Å²) in [6.45, 7) is 2.38. The van der Waals surface area contributed by atoms with Crippen LogP contribution in [0.2, 0.25) is 0 Å². The van der Waals surface area contributed by atoms with Gasteiger partial charge in [0.25, 0.3) is 0 Å². The highest BCUT2D eigenvalue weighted by molar-refractivity contribution is 5.83. The molecule has 1 aliphatic heterocycles. The largest absolute Gasteiger partial charge is 0.497 e. The molecule has 7 heteroatoms. The third kappa shape index (κ3) is 4.69. The molecule has 4 aromatic rings. The minimum absolute atomic E-state index is 0.418. The third-order valence-electron chi connectivity index (χ3n) is 6.26. The standard InChI is InChI=1S/C28H26N4O3/c1-33-22-8-4-19(5-9-22)18-35-25-11-6-20(15-26(25)34-2)14-21-7-10-24-28(23(21)16-29)31-27(17-30-24)32-12-3-13-32/h4-11,15,17H,3,12-14,18H2,1-2H3. The van der Waals surface area contributed by atoms with Crippen LogP contribution in [-0.2, 0) is 13.0 Å². The number of fused-ring (bicyclic) bond motifs is 1. The van der Waals surface area contributed by atoms with E-state index in [0.717, 1.165) is 53.3 Å². The van der Waals surface area contributed by atoms with Gasteiger partial charge in [-0.15, -0.1) is 0 Å². The lowest BCUT2D eigenvalue weighted by Crippen LogP contribution is -2.37. The van der Waals surface area contributed by atoms with Crippen LogP contribution in [0.1, 0.15) is 28.7 Å². The van der Waals surface area contributed by atoms with Crippen molar-refractivity contribution in [2.45, 2.75) is 19.4 Å². The van der Waals surface area contributed by atoms with Gasteiger partial charge in [-0.05, 0) is 59.9 Å². The van der Waals surface area contributed by atoms with Gasteiger partial charge >= 0.3 is 0 Å². The van der Waals surface area contributed by atoms with Crippen LogP contribution in [0.3, 0.4) is 0 Å². The Morgan fingerprint density at radius 1 is 0.943 bits per heavy atom. The van der Waals surface area contributed by atoms with Crippen LogP contribution in [0.25, 0.3) is 11.0 Å². The molecule has 1 aliphatic rings. The first-order valence-electron chi connectivity index (χ1n) is 11.5. The van der Waals surface area contributed by atoms with Crippen molar-refractivity contribution in [1.82, 2.24) is 9.97 Å². The molecule has 2 heterocycles. The van der Waals surface area contributed by atoms with Gasteiger partial charge in [0, 0.05) is 13.1 Å². The van der Waals surface area contributed by atoms with Crippen molar-refractivity contribution >= 4 is 16.9 Å². The number of nitriles is 1. The van der Waals surface area contributed by atoms with Gasteiger partial charge in [0.1, 0.15) is 29.8 Å². The van der Waals surface area contributed by atoms with Crippen LogP contribution in [0.4, 0.5) is 5.82 Å². The topological polar surface area (TPSA) is 80.5 Å². The molecule has 0 N–H and O–H groups in total. The van der Waals surface area contributed by atoms with Gasteiger partial charge in [-0.2, -0.15) is 5.26 Å². The second kappa shape index (κ2) is 9.90. The first kappa shape index (κ1) is 22.5. The van der Waals surface area contributed by atoms with Crippen LogP contribution in [0.5, 0.6) is 17.2 Å². The maximum atomic E-state index is 9.97. The van der Waals surface area contributed by atoms with Gasteiger partial charge in [-0.1, -0.05) is 24.3 Å². The summed E-state index contributed by atoms with van der Waals surface area (Å²) in [5.41, 5.74) is 4.90. The molecule has 3 aromatic carbocycles. The van der Waals surface area contributed by atoms with E-state index in [2.05, 4.69) is 16.0 Å². The Morgan fingerprint density at radius 3 is 2.43 bits per heavy atom. The summed E-state index contributed by atoms with van der Waals surface area (Å²) in [6, 6.07) is 19.9. The molecule has 0 saturated carbocycles. The lowest BCUT2D eigenvalue weighted by molar-refractivity contribution is 0.284. The van der Waals surface area contributed by atoms with Crippen molar-refractivity contribution in [2.24, 2.45) is 0 Å². The summed E-state index contributed by atoms with van der Waals surface area (Å²) in [4.78, 5) is 11.5. The lowest BCUT2D eigenvalue weighted by Gasteiger charge is -2.31. The highest BCUT2D eigenvalue weighted by atomic mass is 16.5. The van der Waals surface area contributed by atoms with E-state index in [9.17, 15) is 5.26 Å². The van der Waals surface area contributed by atoms with Crippen molar-refractivity contribution in [3.63, 3.8) is 0 Å². The van der Waals surface area contributed by atoms with Gasteiger partial charge in [0.05, 0.1) is 31.5 Å². The molecular weight excluding hydrogens is 440 g/mol. The number of hydrogen-bond acceptors (Lipinski definition) is 7. The zero-order valence-corrected chi connectivity index (χ0v) is 19.8. The van der Waals surface area contributed by atoms with E-state index in [-0.39, 0.29) is 0 Å². The Morgan fingerprint density at radius 2 is 1.74 bits per heavy atom. The van der Waals surface area contributed by atoms with E-state index in [1.807, 2.05) is 54.6 Å². The molecule has 0 atom stereocenters. The Balaban J connectivity index is 1.37. The summed E-state index contributed by atoms with van der Waals surface area (Å²) >= 11 is 0. The molecule has 0 spiro atoms. The van der Waals surface area contributed by atoms with Crippen molar-refractivity contribution < 1.29 is 14.2 Å².